The van der Waals surface area contributed by atoms with E-state index in [0.29, 0.717) is 12.1 Å². The number of carbonyl (C=O) groups excluding carboxylic acids is 2. The number of nitro groups is 4. The molecular formula is C26H16N6O12S. The third kappa shape index (κ3) is 7.06. The van der Waals surface area contributed by atoms with Crippen molar-refractivity contribution < 1.29 is 37.7 Å². The highest BCUT2D eigenvalue weighted by atomic mass is 32.2. The molecule has 2 N–H and O–H groups in total. The highest BCUT2D eigenvalue weighted by molar-refractivity contribution is 7.91. The number of hydrogen-bond acceptors (Lipinski definition) is 12. The molecule has 228 valence electrons. The first-order chi connectivity index (χ1) is 21.1. The standard InChI is InChI=1S/C26H16N6O12S/c33-25(15-9-19(29(35)36)13-20(10-15)30(37)38)27-17-1-5-23(6-2-17)45(43,44)24-7-3-18(4-8-24)28-26(34)16-11-21(31(39)40)14-22(12-16)32(41)42/h1-14H,(H,27,33)(H,28,34). The molecule has 0 fully saturated rings. The highest BCUT2D eigenvalue weighted by Crippen LogP contribution is 2.27. The minimum atomic E-state index is -4.12. The number of nitrogens with zero attached hydrogens (tertiary/aromatic N) is 4. The van der Waals surface area contributed by atoms with Crippen LogP contribution < -0.4 is 10.6 Å². The second-order valence-corrected chi connectivity index (χ2v) is 10.9. The van der Waals surface area contributed by atoms with Crippen molar-refractivity contribution in [1.29, 1.82) is 0 Å². The van der Waals surface area contributed by atoms with E-state index in [2.05, 4.69) is 10.6 Å². The first-order valence-corrected chi connectivity index (χ1v) is 13.6. The Morgan fingerprint density at radius 2 is 0.756 bits per heavy atom. The monoisotopic (exact) mass is 636 g/mol. The van der Waals surface area contributed by atoms with Crippen molar-refractivity contribution in [3.05, 3.63) is 137 Å². The number of rotatable bonds is 10. The highest BCUT2D eigenvalue weighted by Gasteiger charge is 2.23. The summed E-state index contributed by atoms with van der Waals surface area (Å²) in [5.41, 5.74) is -3.28. The fourth-order valence-corrected chi connectivity index (χ4v) is 5.11. The summed E-state index contributed by atoms with van der Waals surface area (Å²) in [4.78, 5) is 65.5. The first-order valence-electron chi connectivity index (χ1n) is 12.1. The van der Waals surface area contributed by atoms with E-state index in [0.717, 1.165) is 48.5 Å². The second-order valence-electron chi connectivity index (χ2n) is 8.97. The molecule has 0 atom stereocenters. The first kappa shape index (κ1) is 31.3. The maximum atomic E-state index is 13.1. The van der Waals surface area contributed by atoms with Gasteiger partial charge in [-0.1, -0.05) is 0 Å². The van der Waals surface area contributed by atoms with Gasteiger partial charge in [0.25, 0.3) is 34.6 Å². The number of nitro benzene ring substituents is 4. The van der Waals surface area contributed by atoms with Crippen LogP contribution in [0.5, 0.6) is 0 Å². The van der Waals surface area contributed by atoms with Crippen molar-refractivity contribution in [2.75, 3.05) is 10.6 Å². The summed E-state index contributed by atoms with van der Waals surface area (Å²) in [5.74, 6) is -1.84. The largest absolute Gasteiger partial charge is 0.322 e. The van der Waals surface area contributed by atoms with Gasteiger partial charge in [-0.05, 0) is 48.5 Å². The molecule has 19 heteroatoms. The topological polar surface area (TPSA) is 265 Å². The lowest BCUT2D eigenvalue weighted by molar-refractivity contribution is -0.394. The van der Waals surface area contributed by atoms with Gasteiger partial charge in [0.15, 0.2) is 0 Å². The van der Waals surface area contributed by atoms with Crippen LogP contribution in [-0.2, 0) is 9.84 Å². The van der Waals surface area contributed by atoms with Gasteiger partial charge >= 0.3 is 0 Å². The maximum Gasteiger partial charge on any atom is 0.277 e. The fourth-order valence-electron chi connectivity index (χ4n) is 3.85. The molecular weight excluding hydrogens is 620 g/mol. The van der Waals surface area contributed by atoms with Gasteiger partial charge in [0.2, 0.25) is 9.84 Å². The Kier molecular flexibility index (Phi) is 8.56. The Morgan fingerprint density at radius 3 is 1.00 bits per heavy atom. The van der Waals surface area contributed by atoms with Crippen molar-refractivity contribution in [2.45, 2.75) is 9.79 Å². The van der Waals surface area contributed by atoms with Crippen LogP contribution in [0.15, 0.2) is 94.7 Å². The Bertz CT molecular complexity index is 1810. The Morgan fingerprint density at radius 1 is 0.489 bits per heavy atom. The van der Waals surface area contributed by atoms with Gasteiger partial charge in [0, 0.05) is 35.6 Å². The Hall–Kier alpha value is -6.63. The molecule has 0 saturated carbocycles. The number of anilines is 2. The molecule has 4 aromatic carbocycles. The van der Waals surface area contributed by atoms with E-state index >= 15 is 0 Å². The number of hydrogen-bond donors (Lipinski definition) is 2. The Balaban J connectivity index is 1.48. The zero-order valence-corrected chi connectivity index (χ0v) is 23.0. The predicted octanol–water partition coefficient (Wildman–Crippen LogP) is 4.66. The summed E-state index contributed by atoms with van der Waals surface area (Å²) in [6, 6.07) is 14.3. The molecule has 0 bridgehead atoms. The van der Waals surface area contributed by atoms with Crippen LogP contribution in [0, 0.1) is 40.5 Å². The summed E-state index contributed by atoms with van der Waals surface area (Å²) in [7, 11) is -4.12. The van der Waals surface area contributed by atoms with Crippen molar-refractivity contribution >= 4 is 55.8 Å². The lowest BCUT2D eigenvalue weighted by Gasteiger charge is -2.09. The van der Waals surface area contributed by atoms with Crippen molar-refractivity contribution in [2.24, 2.45) is 0 Å². The lowest BCUT2D eigenvalue weighted by atomic mass is 10.1. The molecule has 0 saturated heterocycles. The van der Waals surface area contributed by atoms with Crippen LogP contribution in [0.25, 0.3) is 0 Å². The summed E-state index contributed by atoms with van der Waals surface area (Å²) in [5, 5.41) is 49.1. The smallest absolute Gasteiger partial charge is 0.277 e. The van der Waals surface area contributed by atoms with E-state index in [4.69, 9.17) is 0 Å². The van der Waals surface area contributed by atoms with Gasteiger partial charge in [-0.15, -0.1) is 0 Å². The van der Waals surface area contributed by atoms with Crippen LogP contribution >= 0.6 is 0 Å². The van der Waals surface area contributed by atoms with Crippen molar-refractivity contribution in [1.82, 2.24) is 0 Å². The van der Waals surface area contributed by atoms with Crippen LogP contribution in [-0.4, -0.2) is 39.9 Å². The van der Waals surface area contributed by atoms with Crippen LogP contribution in [0.3, 0.4) is 0 Å². The van der Waals surface area contributed by atoms with E-state index < -0.39 is 64.1 Å². The quantitative estimate of drug-likeness (QED) is 0.178. The van der Waals surface area contributed by atoms with Gasteiger partial charge < -0.3 is 10.6 Å². The summed E-state index contributed by atoms with van der Waals surface area (Å²) in [6.45, 7) is 0. The molecule has 0 aromatic heterocycles. The molecule has 4 rings (SSSR count). The molecule has 0 aliphatic heterocycles. The van der Waals surface area contributed by atoms with Crippen LogP contribution in [0.2, 0.25) is 0 Å². The molecule has 45 heavy (non-hydrogen) atoms. The van der Waals surface area contributed by atoms with Gasteiger partial charge in [-0.25, -0.2) is 8.42 Å². The molecule has 0 spiro atoms. The van der Waals surface area contributed by atoms with Crippen LogP contribution in [0.4, 0.5) is 34.1 Å². The maximum absolute atomic E-state index is 13.1. The molecule has 2 amide bonds. The molecule has 18 nitrogen and oxygen atoms in total. The minimum Gasteiger partial charge on any atom is -0.322 e. The molecule has 0 aliphatic rings. The van der Waals surface area contributed by atoms with Crippen molar-refractivity contribution in [3.63, 3.8) is 0 Å². The molecule has 0 radical (unpaired) electrons. The van der Waals surface area contributed by atoms with Gasteiger partial charge in [0.1, 0.15) is 0 Å². The predicted molar refractivity (Wildman–Crippen MR) is 154 cm³/mol. The summed E-state index contributed by atoms with van der Waals surface area (Å²) < 4.78 is 26.2. The number of nitrogens with one attached hydrogen (secondary N) is 2. The number of carbonyl (C=O) groups is 2. The average Bonchev–Trinajstić information content (AvgIpc) is 3.01. The third-order valence-electron chi connectivity index (χ3n) is 6.02. The SMILES string of the molecule is O=C(Nc1ccc(S(=O)(=O)c2ccc(NC(=O)c3cc([N+](=O)[O-])cc([N+](=O)[O-])c3)cc2)cc1)c1cc([N+](=O)[O-])cc([N+](=O)[O-])c1. The number of sulfone groups is 1. The van der Waals surface area contributed by atoms with Crippen molar-refractivity contribution in [3.8, 4) is 0 Å². The van der Waals surface area contributed by atoms with Gasteiger partial charge in [-0.3, -0.25) is 50.0 Å². The van der Waals surface area contributed by atoms with Gasteiger partial charge in [0.05, 0.1) is 52.7 Å². The summed E-state index contributed by atoms with van der Waals surface area (Å²) in [6.07, 6.45) is 0. The normalized spacial score (nSPS) is 10.8. The zero-order chi connectivity index (χ0) is 33.1. The van der Waals surface area contributed by atoms with Gasteiger partial charge in [-0.2, -0.15) is 0 Å². The minimum absolute atomic E-state index is 0.0764. The number of benzene rings is 4. The Labute approximate surface area is 250 Å². The third-order valence-corrected chi connectivity index (χ3v) is 7.80. The second kappa shape index (κ2) is 12.3. The molecule has 0 aliphatic carbocycles. The zero-order valence-electron chi connectivity index (χ0n) is 22.2. The molecule has 4 aromatic rings. The lowest BCUT2D eigenvalue weighted by Crippen LogP contribution is -2.13. The summed E-state index contributed by atoms with van der Waals surface area (Å²) >= 11 is 0. The van der Waals surface area contributed by atoms with E-state index in [9.17, 15) is 58.5 Å². The van der Waals surface area contributed by atoms with E-state index in [1.807, 2.05) is 0 Å². The molecule has 0 heterocycles. The fraction of sp³-hybridized carbons (Fsp3) is 0. The van der Waals surface area contributed by atoms with E-state index in [-0.39, 0.29) is 32.3 Å². The average molecular weight is 637 g/mol. The van der Waals surface area contributed by atoms with E-state index in [1.54, 1.807) is 0 Å². The molecule has 0 unspecified atom stereocenters. The number of amides is 2. The van der Waals surface area contributed by atoms with Crippen LogP contribution in [0.1, 0.15) is 20.7 Å². The number of non-ortho nitro benzene ring substituents is 4. The van der Waals surface area contributed by atoms with E-state index in [1.165, 1.54) is 24.3 Å².